The molecule has 0 aromatic rings. The van der Waals surface area contributed by atoms with E-state index in [1.54, 1.807) is 11.8 Å². The maximum atomic E-state index is 5.06. The molecule has 1 N–H and O–H groups in total. The van der Waals surface area contributed by atoms with Crippen LogP contribution in [0.4, 0.5) is 0 Å². The maximum Gasteiger partial charge on any atom is 0.134 e. The molecule has 3 heteroatoms. The number of hydrogen-bond donors (Lipinski definition) is 1. The number of thioether (sulfide) groups is 1. The Bertz CT molecular complexity index is 256. The van der Waals surface area contributed by atoms with Gasteiger partial charge in [0.2, 0.25) is 0 Å². The second-order valence-electron chi connectivity index (χ2n) is 2.81. The number of rotatable bonds is 0. The van der Waals surface area contributed by atoms with Gasteiger partial charge in [-0.25, -0.2) is 0 Å². The average molecular weight is 213 g/mol. The zero-order valence-corrected chi connectivity index (χ0v) is 9.84. The van der Waals surface area contributed by atoms with Gasteiger partial charge in [0.25, 0.3) is 0 Å². The molecule has 1 fully saturated rings. The van der Waals surface area contributed by atoms with Gasteiger partial charge in [-0.3, -0.25) is 0 Å². The van der Waals surface area contributed by atoms with Gasteiger partial charge in [0.15, 0.2) is 0 Å². The molecule has 1 nitrogen and oxygen atoms in total. The second-order valence-corrected chi connectivity index (χ2v) is 4.66. The highest BCUT2D eigenvalue weighted by molar-refractivity contribution is 8.23. The predicted octanol–water partition coefficient (Wildman–Crippen LogP) is 2.89. The van der Waals surface area contributed by atoms with E-state index in [-0.39, 0.29) is 0 Å². The summed E-state index contributed by atoms with van der Waals surface area (Å²) in [7, 11) is 0. The molecule has 1 saturated heterocycles. The molecular formula is C10H15NS2. The van der Waals surface area contributed by atoms with Crippen molar-refractivity contribution in [3.63, 3.8) is 0 Å². The van der Waals surface area contributed by atoms with Crippen LogP contribution in [0.5, 0.6) is 0 Å². The summed E-state index contributed by atoms with van der Waals surface area (Å²) in [5.74, 6) is 0. The van der Waals surface area contributed by atoms with Crippen LogP contribution in [-0.2, 0) is 0 Å². The van der Waals surface area contributed by atoms with Gasteiger partial charge in [-0.1, -0.05) is 61.6 Å². The van der Waals surface area contributed by atoms with Gasteiger partial charge in [-0.05, 0) is 6.92 Å². The molecule has 0 radical (unpaired) electrons. The molecule has 0 aromatic heterocycles. The third kappa shape index (κ3) is 2.58. The van der Waals surface area contributed by atoms with Crippen LogP contribution in [-0.4, -0.2) is 15.6 Å². The first-order valence-electron chi connectivity index (χ1n) is 4.59. The summed E-state index contributed by atoms with van der Waals surface area (Å²) in [5.41, 5.74) is 1.34. The summed E-state index contributed by atoms with van der Waals surface area (Å²) in [5, 5.41) is 3.77. The van der Waals surface area contributed by atoms with E-state index in [1.165, 1.54) is 5.57 Å². The lowest BCUT2D eigenvalue weighted by Crippen LogP contribution is -2.29. The number of allylic oxidation sites excluding steroid dienone is 2. The lowest BCUT2D eigenvalue weighted by molar-refractivity contribution is 0.773. The minimum absolute atomic E-state index is 0.441. The summed E-state index contributed by atoms with van der Waals surface area (Å²) in [4.78, 5) is 0. The smallest absolute Gasteiger partial charge is 0.134 e. The van der Waals surface area contributed by atoms with Crippen molar-refractivity contribution >= 4 is 28.3 Å². The molecule has 0 bridgehead atoms. The first-order valence-corrected chi connectivity index (χ1v) is 5.88. The maximum absolute atomic E-state index is 5.06. The molecule has 13 heavy (non-hydrogen) atoms. The summed E-state index contributed by atoms with van der Waals surface area (Å²) in [6, 6.07) is 0.441. The normalized spacial score (nSPS) is 29.8. The van der Waals surface area contributed by atoms with Gasteiger partial charge in [-0.2, -0.15) is 0 Å². The zero-order valence-electron chi connectivity index (χ0n) is 8.20. The molecule has 2 rings (SSSR count). The van der Waals surface area contributed by atoms with Crippen molar-refractivity contribution in [2.75, 3.05) is 0 Å². The van der Waals surface area contributed by atoms with Crippen LogP contribution in [0.3, 0.4) is 0 Å². The van der Waals surface area contributed by atoms with E-state index in [1.807, 2.05) is 13.8 Å². The largest absolute Gasteiger partial charge is 0.363 e. The Labute approximate surface area is 89.7 Å². The molecule has 1 aliphatic heterocycles. The van der Waals surface area contributed by atoms with E-state index in [4.69, 9.17) is 12.2 Å². The lowest BCUT2D eigenvalue weighted by atomic mass is 10.0. The number of hydrogen-bond acceptors (Lipinski definition) is 2. The van der Waals surface area contributed by atoms with E-state index in [0.29, 0.717) is 11.3 Å². The standard InChI is InChI=1S/C8H9NS2.C2H6/c1-5-2-3-6-7(4-5)11-8(10)9-6;1-2/h2-4,6-7H,1H3,(H,9,10);1-2H3. The van der Waals surface area contributed by atoms with E-state index in [0.717, 1.165) is 4.32 Å². The van der Waals surface area contributed by atoms with Gasteiger partial charge < -0.3 is 5.32 Å². The van der Waals surface area contributed by atoms with Crippen LogP contribution >= 0.6 is 24.0 Å². The Morgan fingerprint density at radius 1 is 1.46 bits per heavy atom. The first kappa shape index (κ1) is 10.8. The van der Waals surface area contributed by atoms with E-state index in [2.05, 4.69) is 30.5 Å². The topological polar surface area (TPSA) is 12.0 Å². The number of fused-ring (bicyclic) bond motifs is 1. The van der Waals surface area contributed by atoms with Crippen molar-refractivity contribution in [1.82, 2.24) is 5.32 Å². The molecule has 0 spiro atoms. The first-order chi connectivity index (χ1) is 6.25. The fourth-order valence-corrected chi connectivity index (χ4v) is 2.82. The zero-order chi connectivity index (χ0) is 9.84. The molecule has 2 unspecified atom stereocenters. The molecule has 1 heterocycles. The monoisotopic (exact) mass is 213 g/mol. The summed E-state index contributed by atoms with van der Waals surface area (Å²) < 4.78 is 0.926. The average Bonchev–Trinajstić information content (AvgIpc) is 2.48. The van der Waals surface area contributed by atoms with Gasteiger partial charge in [-0.15, -0.1) is 0 Å². The van der Waals surface area contributed by atoms with Crippen molar-refractivity contribution in [1.29, 1.82) is 0 Å². The molecule has 2 atom stereocenters. The third-order valence-electron chi connectivity index (χ3n) is 1.88. The van der Waals surface area contributed by atoms with E-state index in [9.17, 15) is 0 Å². The molecule has 0 amide bonds. The minimum Gasteiger partial charge on any atom is -0.363 e. The van der Waals surface area contributed by atoms with E-state index >= 15 is 0 Å². The predicted molar refractivity (Wildman–Crippen MR) is 65.1 cm³/mol. The molecule has 72 valence electrons. The number of nitrogens with one attached hydrogen (secondary N) is 1. The van der Waals surface area contributed by atoms with Crippen molar-refractivity contribution in [3.8, 4) is 0 Å². The number of thiocarbonyl (C=S) groups is 1. The van der Waals surface area contributed by atoms with Gasteiger partial charge in [0, 0.05) is 0 Å². The van der Waals surface area contributed by atoms with Crippen molar-refractivity contribution in [2.45, 2.75) is 32.1 Å². The quantitative estimate of drug-likeness (QED) is 0.621. The molecular weight excluding hydrogens is 198 g/mol. The highest BCUT2D eigenvalue weighted by Gasteiger charge is 2.28. The second kappa shape index (κ2) is 4.82. The van der Waals surface area contributed by atoms with Crippen molar-refractivity contribution < 1.29 is 0 Å². The molecule has 0 aromatic carbocycles. The summed E-state index contributed by atoms with van der Waals surface area (Å²) >= 11 is 6.81. The van der Waals surface area contributed by atoms with Gasteiger partial charge in [0.05, 0.1) is 11.3 Å². The highest BCUT2D eigenvalue weighted by Crippen LogP contribution is 2.29. The Morgan fingerprint density at radius 3 is 2.85 bits per heavy atom. The fourth-order valence-electron chi connectivity index (χ4n) is 1.31. The van der Waals surface area contributed by atoms with Crippen molar-refractivity contribution in [3.05, 3.63) is 23.8 Å². The summed E-state index contributed by atoms with van der Waals surface area (Å²) in [6.45, 7) is 6.12. The van der Waals surface area contributed by atoms with Crippen molar-refractivity contribution in [2.24, 2.45) is 0 Å². The van der Waals surface area contributed by atoms with Crippen LogP contribution in [0.1, 0.15) is 20.8 Å². The Balaban J connectivity index is 0.000000396. The molecule has 1 aliphatic carbocycles. The van der Waals surface area contributed by atoms with Crippen LogP contribution in [0.25, 0.3) is 0 Å². The Kier molecular flexibility index (Phi) is 4.00. The van der Waals surface area contributed by atoms with Crippen LogP contribution in [0.2, 0.25) is 0 Å². The van der Waals surface area contributed by atoms with E-state index < -0.39 is 0 Å². The summed E-state index contributed by atoms with van der Waals surface area (Å²) in [6.07, 6.45) is 6.59. The fraction of sp³-hybridized carbons (Fsp3) is 0.500. The van der Waals surface area contributed by atoms with Crippen LogP contribution in [0.15, 0.2) is 23.8 Å². The minimum atomic E-state index is 0.441. The highest BCUT2D eigenvalue weighted by atomic mass is 32.2. The molecule has 0 saturated carbocycles. The van der Waals surface area contributed by atoms with Gasteiger partial charge >= 0.3 is 0 Å². The SMILES string of the molecule is CC.CC1=CC2SC(=S)NC2C=C1. The molecule has 2 aliphatic rings. The Morgan fingerprint density at radius 2 is 2.15 bits per heavy atom. The third-order valence-corrected chi connectivity index (χ3v) is 3.32. The lowest BCUT2D eigenvalue weighted by Gasteiger charge is -2.14. The van der Waals surface area contributed by atoms with Crippen LogP contribution < -0.4 is 5.32 Å². The van der Waals surface area contributed by atoms with Crippen LogP contribution in [0, 0.1) is 0 Å². The Hall–Kier alpha value is -0.280. The van der Waals surface area contributed by atoms with Gasteiger partial charge in [0.1, 0.15) is 4.32 Å².